The molecule has 0 N–H and O–H groups in total. The zero-order chi connectivity index (χ0) is 90.1. The molecule has 1 aliphatic carbocycles. The highest BCUT2D eigenvalue weighted by Gasteiger charge is 2.36. The van der Waals surface area contributed by atoms with Crippen LogP contribution >= 0.6 is 11.3 Å². The minimum absolute atomic E-state index is 0.0577. The lowest BCUT2D eigenvalue weighted by atomic mass is 9.82. The number of anilines is 9. The van der Waals surface area contributed by atoms with Gasteiger partial charge in [-0.2, -0.15) is 0 Å². The quantitative estimate of drug-likeness (QED) is 0.0955. The molecule has 1 aliphatic rings. The van der Waals surface area contributed by atoms with Crippen molar-refractivity contribution in [3.63, 3.8) is 0 Å². The summed E-state index contributed by atoms with van der Waals surface area (Å²) in [4.78, 5) is 7.17. The molecule has 0 atom stereocenters. The Balaban J connectivity index is 0.000000120. The molecular weight excluding hydrogens is 1620 g/mol. The van der Waals surface area contributed by atoms with Crippen molar-refractivity contribution in [1.29, 1.82) is 0 Å². The maximum atomic E-state index is 2.44. The molecule has 3 nitrogen and oxygen atoms in total. The summed E-state index contributed by atoms with van der Waals surface area (Å²) in [6, 6.07) is 176. The summed E-state index contributed by atoms with van der Waals surface area (Å²) in [5, 5.41) is 10.2. The lowest BCUT2D eigenvalue weighted by molar-refractivity contribution is 0.591. The third kappa shape index (κ3) is 17.0. The Morgan fingerprint density at radius 2 is 0.586 bits per heavy atom. The van der Waals surface area contributed by atoms with Crippen molar-refractivity contribution in [1.82, 2.24) is 0 Å². The first-order valence-corrected chi connectivity index (χ1v) is 47.0. The van der Waals surface area contributed by atoms with Gasteiger partial charge in [0.15, 0.2) is 0 Å². The summed E-state index contributed by atoms with van der Waals surface area (Å²) in [6.07, 6.45) is 0. The van der Waals surface area contributed by atoms with Gasteiger partial charge in [-0.3, -0.25) is 0 Å². The Hall–Kier alpha value is -16.0. The minimum Gasteiger partial charge on any atom is -0.310 e. The second-order valence-corrected chi connectivity index (χ2v) is 37.6. The fourth-order valence-electron chi connectivity index (χ4n) is 19.7. The van der Waals surface area contributed by atoms with Crippen LogP contribution in [0, 0.1) is 13.8 Å². The molecule has 0 aliphatic heterocycles. The monoisotopic (exact) mass is 1720 g/mol. The summed E-state index contributed by atoms with van der Waals surface area (Å²) in [5.74, 6) is 0. The highest BCUT2D eigenvalue weighted by atomic mass is 32.1. The van der Waals surface area contributed by atoms with Crippen LogP contribution < -0.4 is 14.7 Å². The van der Waals surface area contributed by atoms with Gasteiger partial charge in [0.1, 0.15) is 0 Å². The predicted octanol–water partition coefficient (Wildman–Crippen LogP) is 37.2. The van der Waals surface area contributed by atoms with Gasteiger partial charge in [-0.25, -0.2) is 0 Å². The second kappa shape index (κ2) is 36.2. The van der Waals surface area contributed by atoms with Crippen LogP contribution in [0.5, 0.6) is 0 Å². The van der Waals surface area contributed by atoms with Crippen LogP contribution in [-0.4, -0.2) is 0 Å². The van der Waals surface area contributed by atoms with E-state index in [-0.39, 0.29) is 10.8 Å². The van der Waals surface area contributed by atoms with E-state index in [2.05, 4.69) is 548 Å². The molecule has 0 unspecified atom stereocenters. The van der Waals surface area contributed by atoms with Crippen LogP contribution in [-0.2, 0) is 10.8 Å². The van der Waals surface area contributed by atoms with Gasteiger partial charge in [0.05, 0.1) is 0 Å². The van der Waals surface area contributed by atoms with Crippen molar-refractivity contribution in [3.05, 3.63) is 513 Å². The normalized spacial score (nSPS) is 11.9. The molecule has 638 valence electrons. The van der Waals surface area contributed by atoms with Crippen molar-refractivity contribution >= 4 is 115 Å². The van der Waals surface area contributed by atoms with Crippen molar-refractivity contribution in [2.24, 2.45) is 0 Å². The zero-order valence-corrected chi connectivity index (χ0v) is 76.8. The van der Waals surface area contributed by atoms with Crippen LogP contribution in [0.15, 0.2) is 485 Å². The maximum absolute atomic E-state index is 2.44. The Morgan fingerprint density at radius 3 is 1.11 bits per heavy atom. The van der Waals surface area contributed by atoms with Crippen LogP contribution in [0.1, 0.15) is 62.4 Å². The van der Waals surface area contributed by atoms with E-state index in [1.165, 1.54) is 169 Å². The van der Waals surface area contributed by atoms with Gasteiger partial charge in [0, 0.05) is 76.8 Å². The van der Waals surface area contributed by atoms with Gasteiger partial charge in [-0.1, -0.05) is 386 Å². The lowest BCUT2D eigenvalue weighted by Crippen LogP contribution is -2.16. The smallest absolute Gasteiger partial charge is 0.0474 e. The predicted molar refractivity (Wildman–Crippen MR) is 573 cm³/mol. The van der Waals surface area contributed by atoms with E-state index in [0.717, 1.165) is 51.2 Å². The molecule has 1 aromatic heterocycles. The number of hydrogen-bond donors (Lipinski definition) is 0. The van der Waals surface area contributed by atoms with E-state index in [1.807, 2.05) is 11.3 Å². The van der Waals surface area contributed by atoms with Crippen LogP contribution in [0.3, 0.4) is 0 Å². The first-order valence-electron chi connectivity index (χ1n) is 46.1. The highest BCUT2D eigenvalue weighted by molar-refractivity contribution is 7.25. The first kappa shape index (κ1) is 83.9. The van der Waals surface area contributed by atoms with E-state index in [9.17, 15) is 0 Å². The highest BCUT2D eigenvalue weighted by Crippen LogP contribution is 2.53. The summed E-state index contributed by atoms with van der Waals surface area (Å²) in [6.45, 7) is 16.0. The molecule has 0 bridgehead atoms. The van der Waals surface area contributed by atoms with Crippen molar-refractivity contribution < 1.29 is 0 Å². The fourth-order valence-corrected chi connectivity index (χ4v) is 20.8. The SMILES string of the molecule is CC(C)(C)c1ccc2cc(N(c3ccc(-c4ccccc4)cc3)c3ccc4c(c3)C(C)(C)c3ccccc3-4)cc(-c3ccccc3)c2c1.Cc1cc(C)c2c(-c3ccccc3)cc(N(c3ccc(-c4ccccc4)cc3)c3ccc(-c4ccccc4)cc3)cc2c1.c1ccc(-c2cc(N(c3ccccc3)c3ccccc3)cc3cc(-c4ccc5sc6ccccc6c5c4)ccc23)cc1. The average molecular weight is 1730 g/mol. The molecule has 0 saturated heterocycles. The van der Waals surface area contributed by atoms with Gasteiger partial charge in [0.2, 0.25) is 0 Å². The van der Waals surface area contributed by atoms with Crippen molar-refractivity contribution in [2.75, 3.05) is 14.7 Å². The molecule has 0 radical (unpaired) electrons. The van der Waals surface area contributed by atoms with Gasteiger partial charge in [-0.15, -0.1) is 11.3 Å². The number of thiophene rings is 1. The van der Waals surface area contributed by atoms with E-state index >= 15 is 0 Å². The third-order valence-electron chi connectivity index (χ3n) is 26.4. The largest absolute Gasteiger partial charge is 0.310 e. The number of fused-ring (bicyclic) bond motifs is 9. The standard InChI is InChI=1S/C47H41N.C42H33N.C40H27NS/c1-46(2,3)36-23-20-35-28-39(30-43(42(35)29-36)34-16-10-7-11-17-34)48(37-24-21-33(22-25-37)32-14-8-6-9-15-32)38-26-27-41-40-18-12-13-19-44(40)47(4,5)45(41)31-38;1-30-26-31(2)42-37(27-30)28-40(29-41(42)36-16-10-5-11-17-36)43(38-22-18-34(19-23-38)32-12-6-3-7-13-32)39-24-20-35(21-25-39)33-14-8-4-9-15-33;1-4-12-28(13-5-1)37-27-34(41(32-14-6-2-7-15-32)33-16-8-3-9-17-33)25-31-24-29(20-22-35(31)37)30-21-23-40-38(26-30)36-18-10-11-19-39(36)42-40/h6-31H,1-5H3;3-29H,1-2H3;1-27H. The summed E-state index contributed by atoms with van der Waals surface area (Å²) >= 11 is 1.86. The Kier molecular flexibility index (Phi) is 22.8. The van der Waals surface area contributed by atoms with Crippen molar-refractivity contribution in [2.45, 2.75) is 59.3 Å². The molecule has 1 heterocycles. The number of nitrogens with zero attached hydrogens (tertiary/aromatic N) is 3. The van der Waals surface area contributed by atoms with Gasteiger partial charge in [0.25, 0.3) is 0 Å². The number of hydrogen-bond acceptors (Lipinski definition) is 4. The lowest BCUT2D eigenvalue weighted by Gasteiger charge is -2.29. The first-order chi connectivity index (χ1) is 65.1. The molecule has 0 saturated carbocycles. The molecule has 0 amide bonds. The second-order valence-electron chi connectivity index (χ2n) is 36.5. The maximum Gasteiger partial charge on any atom is 0.0474 e. The summed E-state index contributed by atoms with van der Waals surface area (Å²) < 4.78 is 2.66. The number of para-hydroxylation sites is 2. The number of rotatable bonds is 16. The summed E-state index contributed by atoms with van der Waals surface area (Å²) in [7, 11) is 0. The van der Waals surface area contributed by atoms with Crippen LogP contribution in [0.4, 0.5) is 51.2 Å². The molecule has 0 fully saturated rings. The molecule has 0 spiro atoms. The van der Waals surface area contributed by atoms with E-state index < -0.39 is 0 Å². The fraction of sp³-hybridized carbons (Fsp3) is 0.0698. The van der Waals surface area contributed by atoms with Crippen molar-refractivity contribution in [3.8, 4) is 89.0 Å². The van der Waals surface area contributed by atoms with Gasteiger partial charge in [-0.05, 0) is 302 Å². The number of benzene rings is 21. The zero-order valence-electron chi connectivity index (χ0n) is 75.9. The van der Waals surface area contributed by atoms with Crippen LogP contribution in [0.25, 0.3) is 142 Å². The molecule has 21 aromatic carbocycles. The van der Waals surface area contributed by atoms with E-state index in [0.29, 0.717) is 0 Å². The molecule has 133 heavy (non-hydrogen) atoms. The third-order valence-corrected chi connectivity index (χ3v) is 27.6. The van der Waals surface area contributed by atoms with Crippen LogP contribution in [0.2, 0.25) is 0 Å². The molecule has 4 heteroatoms. The number of aryl methyl sites for hydroxylation is 2. The van der Waals surface area contributed by atoms with E-state index in [1.54, 1.807) is 0 Å². The Morgan fingerprint density at radius 1 is 0.211 bits per heavy atom. The molecule has 22 aromatic rings. The molecule has 23 rings (SSSR count). The van der Waals surface area contributed by atoms with E-state index in [4.69, 9.17) is 0 Å². The van der Waals surface area contributed by atoms with Gasteiger partial charge < -0.3 is 14.7 Å². The molecular formula is C129H101N3S. The Bertz CT molecular complexity index is 7830. The topological polar surface area (TPSA) is 9.72 Å². The Labute approximate surface area is 785 Å². The van der Waals surface area contributed by atoms with Gasteiger partial charge >= 0.3 is 0 Å². The summed E-state index contributed by atoms with van der Waals surface area (Å²) in [5.41, 5.74) is 36.6. The average Bonchev–Trinajstić information content (AvgIpc) is 1.59. The minimum atomic E-state index is -0.0906.